The second kappa shape index (κ2) is 11.1. The van der Waals surface area contributed by atoms with Crippen LogP contribution in [0.4, 0.5) is 0 Å². The first-order chi connectivity index (χ1) is 12.0. The van der Waals surface area contributed by atoms with E-state index in [4.69, 9.17) is 4.74 Å². The van der Waals surface area contributed by atoms with Crippen LogP contribution >= 0.6 is 24.0 Å². The van der Waals surface area contributed by atoms with Crippen LogP contribution in [-0.2, 0) is 13.1 Å². The molecule has 0 saturated carbocycles. The quantitative estimate of drug-likeness (QED) is 0.292. The molecule has 2 rings (SSSR count). The van der Waals surface area contributed by atoms with E-state index in [1.165, 1.54) is 11.3 Å². The van der Waals surface area contributed by atoms with Gasteiger partial charge in [-0.1, -0.05) is 12.1 Å². The number of rotatable bonds is 7. The van der Waals surface area contributed by atoms with E-state index in [2.05, 4.69) is 50.1 Å². The number of aliphatic imine (C=N–C) groups is 1. The molecule has 0 spiro atoms. The second-order valence-electron chi connectivity index (χ2n) is 6.18. The van der Waals surface area contributed by atoms with Crippen molar-refractivity contribution in [3.63, 3.8) is 0 Å². The molecule has 1 N–H and O–H groups in total. The summed E-state index contributed by atoms with van der Waals surface area (Å²) in [6, 6.07) is 10.2. The van der Waals surface area contributed by atoms with Gasteiger partial charge in [0, 0.05) is 39.4 Å². The summed E-state index contributed by atoms with van der Waals surface area (Å²) in [4.78, 5) is 6.48. The van der Waals surface area contributed by atoms with Gasteiger partial charge in [0.15, 0.2) is 5.96 Å². The van der Waals surface area contributed by atoms with E-state index in [1.54, 1.807) is 7.11 Å². The first-order valence-electron chi connectivity index (χ1n) is 8.59. The summed E-state index contributed by atoms with van der Waals surface area (Å²) in [5.74, 6) is 1.77. The van der Waals surface area contributed by atoms with Gasteiger partial charge in [-0.2, -0.15) is 5.10 Å². The van der Waals surface area contributed by atoms with E-state index in [9.17, 15) is 0 Å². The van der Waals surface area contributed by atoms with Crippen molar-refractivity contribution in [3.05, 3.63) is 47.3 Å². The van der Waals surface area contributed by atoms with E-state index in [-0.39, 0.29) is 24.0 Å². The number of hydrogen-bond acceptors (Lipinski definition) is 3. The first kappa shape index (κ1) is 22.3. The van der Waals surface area contributed by atoms with Gasteiger partial charge in [0.2, 0.25) is 0 Å². The molecule has 6 nitrogen and oxygen atoms in total. The highest BCUT2D eigenvalue weighted by Gasteiger charge is 2.07. The minimum atomic E-state index is 0. The zero-order chi connectivity index (χ0) is 18.2. The third kappa shape index (κ3) is 6.51. The maximum Gasteiger partial charge on any atom is 0.193 e. The summed E-state index contributed by atoms with van der Waals surface area (Å²) in [6.45, 7) is 6.68. The largest absolute Gasteiger partial charge is 0.497 e. The number of ether oxygens (including phenoxy) is 1. The number of benzene rings is 1. The van der Waals surface area contributed by atoms with Gasteiger partial charge in [0.25, 0.3) is 0 Å². The minimum absolute atomic E-state index is 0. The molecular weight excluding hydrogens is 441 g/mol. The van der Waals surface area contributed by atoms with Crippen LogP contribution in [0.15, 0.2) is 35.3 Å². The Hall–Kier alpha value is -1.77. The Morgan fingerprint density at radius 1 is 1.27 bits per heavy atom. The first-order valence-corrected chi connectivity index (χ1v) is 8.59. The van der Waals surface area contributed by atoms with Crippen molar-refractivity contribution in [3.8, 4) is 5.75 Å². The molecule has 0 bridgehead atoms. The smallest absolute Gasteiger partial charge is 0.193 e. The van der Waals surface area contributed by atoms with Crippen molar-refractivity contribution in [1.82, 2.24) is 20.0 Å². The third-order valence-corrected chi connectivity index (χ3v) is 4.09. The van der Waals surface area contributed by atoms with Crippen LogP contribution in [0, 0.1) is 13.8 Å². The van der Waals surface area contributed by atoms with E-state index in [1.807, 2.05) is 33.2 Å². The Morgan fingerprint density at radius 3 is 2.50 bits per heavy atom. The van der Waals surface area contributed by atoms with Crippen molar-refractivity contribution in [1.29, 1.82) is 0 Å². The van der Waals surface area contributed by atoms with E-state index < -0.39 is 0 Å². The highest BCUT2D eigenvalue weighted by molar-refractivity contribution is 14.0. The Balaban J connectivity index is 0.00000338. The lowest BCUT2D eigenvalue weighted by atomic mass is 10.2. The molecule has 0 saturated heterocycles. The van der Waals surface area contributed by atoms with Crippen LogP contribution in [0.1, 0.15) is 23.4 Å². The standard InChI is InChI=1S/C19H29N5O.HI/c1-15-13-16(2)24(22-15)12-6-11-21-19(20-3)23(4)14-17-7-9-18(25-5)10-8-17;/h7-10,13H,6,11-12,14H2,1-5H3,(H,20,21);1H. The predicted octanol–water partition coefficient (Wildman–Crippen LogP) is 3.22. The van der Waals surface area contributed by atoms with Gasteiger partial charge in [-0.15, -0.1) is 24.0 Å². The van der Waals surface area contributed by atoms with Crippen molar-refractivity contribution >= 4 is 29.9 Å². The van der Waals surface area contributed by atoms with Gasteiger partial charge < -0.3 is 15.0 Å². The fourth-order valence-electron chi connectivity index (χ4n) is 2.79. The highest BCUT2D eigenvalue weighted by Crippen LogP contribution is 2.12. The summed E-state index contributed by atoms with van der Waals surface area (Å²) in [6.07, 6.45) is 0.997. The highest BCUT2D eigenvalue weighted by atomic mass is 127. The molecule has 0 atom stereocenters. The molecule has 0 radical (unpaired) electrons. The van der Waals surface area contributed by atoms with E-state index in [0.29, 0.717) is 0 Å². The lowest BCUT2D eigenvalue weighted by Gasteiger charge is -2.22. The predicted molar refractivity (Wildman–Crippen MR) is 118 cm³/mol. The number of methoxy groups -OCH3 is 1. The normalized spacial score (nSPS) is 11.0. The lowest BCUT2D eigenvalue weighted by molar-refractivity contribution is 0.414. The number of guanidine groups is 1. The summed E-state index contributed by atoms with van der Waals surface area (Å²) in [7, 11) is 5.54. The Labute approximate surface area is 173 Å². The molecule has 2 aromatic rings. The molecule has 1 heterocycles. The fraction of sp³-hybridized carbons (Fsp3) is 0.474. The lowest BCUT2D eigenvalue weighted by Crippen LogP contribution is -2.39. The maximum absolute atomic E-state index is 5.20. The molecule has 0 aliphatic heterocycles. The molecule has 7 heteroatoms. The number of halogens is 1. The van der Waals surface area contributed by atoms with Gasteiger partial charge in [-0.3, -0.25) is 9.67 Å². The van der Waals surface area contributed by atoms with Crippen LogP contribution in [-0.4, -0.2) is 48.4 Å². The summed E-state index contributed by atoms with van der Waals surface area (Å²) in [5, 5.41) is 7.91. The van der Waals surface area contributed by atoms with Gasteiger partial charge in [0.1, 0.15) is 5.75 Å². The number of aryl methyl sites for hydroxylation is 3. The van der Waals surface area contributed by atoms with Crippen LogP contribution in [0.2, 0.25) is 0 Å². The molecule has 1 aromatic carbocycles. The molecule has 0 amide bonds. The van der Waals surface area contributed by atoms with Gasteiger partial charge >= 0.3 is 0 Å². The number of aromatic nitrogens is 2. The molecular formula is C19H30IN5O. The number of nitrogens with zero attached hydrogens (tertiary/aromatic N) is 4. The third-order valence-electron chi connectivity index (χ3n) is 4.09. The topological polar surface area (TPSA) is 54.7 Å². The van der Waals surface area contributed by atoms with Crippen molar-refractivity contribution < 1.29 is 4.74 Å². The van der Waals surface area contributed by atoms with Crippen LogP contribution < -0.4 is 10.1 Å². The molecule has 1 aromatic heterocycles. The molecule has 26 heavy (non-hydrogen) atoms. The molecule has 0 unspecified atom stereocenters. The SMILES string of the molecule is CN=C(NCCCn1nc(C)cc1C)N(C)Cc1ccc(OC)cc1.I. The Kier molecular flexibility index (Phi) is 9.47. The zero-order valence-corrected chi connectivity index (χ0v) is 18.7. The van der Waals surface area contributed by atoms with Crippen molar-refractivity contribution in [2.75, 3.05) is 27.7 Å². The fourth-order valence-corrected chi connectivity index (χ4v) is 2.79. The average Bonchev–Trinajstić information content (AvgIpc) is 2.93. The molecule has 144 valence electrons. The van der Waals surface area contributed by atoms with Crippen LogP contribution in [0.3, 0.4) is 0 Å². The maximum atomic E-state index is 5.20. The van der Waals surface area contributed by atoms with Gasteiger partial charge in [0.05, 0.1) is 12.8 Å². The van der Waals surface area contributed by atoms with E-state index in [0.717, 1.165) is 43.5 Å². The summed E-state index contributed by atoms with van der Waals surface area (Å²) in [5.41, 5.74) is 3.49. The zero-order valence-electron chi connectivity index (χ0n) is 16.3. The van der Waals surface area contributed by atoms with Gasteiger partial charge in [-0.25, -0.2) is 0 Å². The van der Waals surface area contributed by atoms with Crippen LogP contribution in [0.5, 0.6) is 5.75 Å². The Bertz CT molecular complexity index is 696. The molecule has 0 aliphatic carbocycles. The van der Waals surface area contributed by atoms with Crippen molar-refractivity contribution in [2.24, 2.45) is 4.99 Å². The second-order valence-corrected chi connectivity index (χ2v) is 6.18. The van der Waals surface area contributed by atoms with Gasteiger partial charge in [-0.05, 0) is 44.0 Å². The molecule has 0 aliphatic rings. The Morgan fingerprint density at radius 2 is 1.96 bits per heavy atom. The number of nitrogens with one attached hydrogen (secondary N) is 1. The summed E-state index contributed by atoms with van der Waals surface area (Å²) >= 11 is 0. The monoisotopic (exact) mass is 471 g/mol. The minimum Gasteiger partial charge on any atom is -0.497 e. The van der Waals surface area contributed by atoms with Crippen molar-refractivity contribution in [2.45, 2.75) is 33.4 Å². The molecule has 0 fully saturated rings. The summed E-state index contributed by atoms with van der Waals surface area (Å²) < 4.78 is 7.25. The van der Waals surface area contributed by atoms with Crippen LogP contribution in [0.25, 0.3) is 0 Å². The average molecular weight is 471 g/mol. The number of hydrogen-bond donors (Lipinski definition) is 1. The van der Waals surface area contributed by atoms with E-state index >= 15 is 0 Å².